The standard InChI is InChI=1S/C66H108O6/c1-4-7-10-13-15-17-19-21-23-25-26-27-28-29-30-31-32-33-34-35-36-37-38-39-40-41-43-44-46-48-50-53-56-59-65(68)71-62-63(61-70-64(67)58-55-52-12-9-6-3)72-66(69)60-57-54-51-49-47-45-42-24-22-20-18-16-14-11-8-5-2/h7,10,15,17-18,20-21,23-24,26-27,29-30,32-33,35-36,38-39,42,63H,4-6,8-9,11-14,16,19,22,25,28,31,34,37,40-41,43-62H2,1-3H3/b10-7-,17-15-,20-18-,23-21-,27-26-,30-29-,33-32-,36-35-,39-38-,42-24-. The molecule has 0 aliphatic rings. The Morgan fingerprint density at radius 1 is 0.292 bits per heavy atom. The molecule has 0 N–H and O–H groups in total. The summed E-state index contributed by atoms with van der Waals surface area (Å²) in [5, 5.41) is 0. The van der Waals surface area contributed by atoms with Gasteiger partial charge in [0.2, 0.25) is 0 Å². The van der Waals surface area contributed by atoms with Gasteiger partial charge in [0.15, 0.2) is 6.10 Å². The van der Waals surface area contributed by atoms with Gasteiger partial charge < -0.3 is 14.2 Å². The summed E-state index contributed by atoms with van der Waals surface area (Å²) in [6.07, 6.45) is 82.4. The lowest BCUT2D eigenvalue weighted by molar-refractivity contribution is -0.167. The van der Waals surface area contributed by atoms with E-state index in [1.807, 2.05) is 0 Å². The summed E-state index contributed by atoms with van der Waals surface area (Å²) in [4.78, 5) is 37.8. The van der Waals surface area contributed by atoms with Gasteiger partial charge in [-0.2, -0.15) is 0 Å². The van der Waals surface area contributed by atoms with Crippen LogP contribution in [0.2, 0.25) is 0 Å². The average Bonchev–Trinajstić information content (AvgIpc) is 3.38. The van der Waals surface area contributed by atoms with Gasteiger partial charge >= 0.3 is 17.9 Å². The summed E-state index contributed by atoms with van der Waals surface area (Å²) in [7, 11) is 0. The molecule has 1 atom stereocenters. The smallest absolute Gasteiger partial charge is 0.306 e. The van der Waals surface area contributed by atoms with Crippen molar-refractivity contribution in [1.82, 2.24) is 0 Å². The number of esters is 3. The van der Waals surface area contributed by atoms with Crippen molar-refractivity contribution in [1.29, 1.82) is 0 Å². The normalized spacial score (nSPS) is 13.0. The number of allylic oxidation sites excluding steroid dienone is 20. The third-order valence-electron chi connectivity index (χ3n) is 12.2. The molecule has 0 aromatic rings. The fraction of sp³-hybridized carbons (Fsp3) is 0.652. The molecule has 0 saturated carbocycles. The summed E-state index contributed by atoms with van der Waals surface area (Å²) >= 11 is 0. The maximum absolute atomic E-state index is 12.8. The van der Waals surface area contributed by atoms with E-state index in [0.717, 1.165) is 148 Å². The SMILES string of the molecule is CC/C=C\C/C=C\C/C=C\C/C=C\C/C=C\C/C=C\C/C=C\C/C=C\CCCCCCCCCCC(=O)OCC(COC(=O)CCCCCCC)OC(=O)CCCCCCC/C=C\C/C=C\CCCCCC. The van der Waals surface area contributed by atoms with E-state index in [4.69, 9.17) is 14.2 Å². The first-order valence-electron chi connectivity index (χ1n) is 29.5. The van der Waals surface area contributed by atoms with Crippen LogP contribution in [0.1, 0.15) is 258 Å². The molecule has 0 radical (unpaired) electrons. The Balaban J connectivity index is 4.10. The highest BCUT2D eigenvalue weighted by atomic mass is 16.6. The Kier molecular flexibility index (Phi) is 55.9. The second-order valence-electron chi connectivity index (χ2n) is 19.2. The number of hydrogen-bond acceptors (Lipinski definition) is 6. The van der Waals surface area contributed by atoms with E-state index in [1.165, 1.54) is 70.6 Å². The van der Waals surface area contributed by atoms with Gasteiger partial charge in [-0.3, -0.25) is 14.4 Å². The fourth-order valence-corrected chi connectivity index (χ4v) is 7.78. The van der Waals surface area contributed by atoms with Crippen LogP contribution in [0.25, 0.3) is 0 Å². The van der Waals surface area contributed by atoms with Gasteiger partial charge in [0.1, 0.15) is 13.2 Å². The number of rotatable bonds is 52. The number of hydrogen-bond donors (Lipinski definition) is 0. The summed E-state index contributed by atoms with van der Waals surface area (Å²) in [5.74, 6) is -0.927. The minimum absolute atomic E-state index is 0.0883. The van der Waals surface area contributed by atoms with Crippen LogP contribution in [-0.2, 0) is 28.6 Å². The van der Waals surface area contributed by atoms with Crippen LogP contribution >= 0.6 is 0 Å². The zero-order chi connectivity index (χ0) is 52.2. The van der Waals surface area contributed by atoms with Crippen LogP contribution < -0.4 is 0 Å². The molecule has 0 aliphatic carbocycles. The summed E-state index contributed by atoms with van der Waals surface area (Å²) in [6, 6.07) is 0. The van der Waals surface area contributed by atoms with Crippen LogP contribution in [0.5, 0.6) is 0 Å². The quantitative estimate of drug-likeness (QED) is 0.0261. The van der Waals surface area contributed by atoms with Crippen LogP contribution in [-0.4, -0.2) is 37.2 Å². The molecule has 408 valence electrons. The zero-order valence-corrected chi connectivity index (χ0v) is 46.7. The molecule has 0 aliphatic heterocycles. The van der Waals surface area contributed by atoms with Crippen LogP contribution in [0.3, 0.4) is 0 Å². The molecule has 0 aromatic heterocycles. The van der Waals surface area contributed by atoms with Crippen LogP contribution in [0.15, 0.2) is 122 Å². The van der Waals surface area contributed by atoms with E-state index < -0.39 is 6.10 Å². The van der Waals surface area contributed by atoms with Crippen molar-refractivity contribution in [3.63, 3.8) is 0 Å². The van der Waals surface area contributed by atoms with Crippen molar-refractivity contribution >= 4 is 17.9 Å². The molecule has 0 amide bonds. The Morgan fingerprint density at radius 3 is 0.861 bits per heavy atom. The van der Waals surface area contributed by atoms with Gasteiger partial charge in [-0.05, 0) is 116 Å². The highest BCUT2D eigenvalue weighted by Crippen LogP contribution is 2.14. The van der Waals surface area contributed by atoms with E-state index in [1.54, 1.807) is 0 Å². The molecule has 0 heterocycles. The van der Waals surface area contributed by atoms with Gasteiger partial charge in [-0.1, -0.05) is 245 Å². The third kappa shape index (κ3) is 56.7. The minimum Gasteiger partial charge on any atom is -0.462 e. The van der Waals surface area contributed by atoms with Crippen LogP contribution in [0, 0.1) is 0 Å². The van der Waals surface area contributed by atoms with Crippen molar-refractivity contribution in [2.75, 3.05) is 13.2 Å². The highest BCUT2D eigenvalue weighted by Gasteiger charge is 2.19. The lowest BCUT2D eigenvalue weighted by Crippen LogP contribution is -2.30. The van der Waals surface area contributed by atoms with Crippen molar-refractivity contribution in [3.05, 3.63) is 122 Å². The summed E-state index contributed by atoms with van der Waals surface area (Å²) < 4.78 is 16.7. The maximum atomic E-state index is 12.8. The van der Waals surface area contributed by atoms with Gasteiger partial charge in [-0.25, -0.2) is 0 Å². The molecular weight excluding hydrogens is 889 g/mol. The lowest BCUT2D eigenvalue weighted by atomic mass is 10.1. The second-order valence-corrected chi connectivity index (χ2v) is 19.2. The second kappa shape index (κ2) is 59.4. The van der Waals surface area contributed by atoms with Crippen LogP contribution in [0.4, 0.5) is 0 Å². The Hall–Kier alpha value is -4.19. The minimum atomic E-state index is -0.787. The number of carbonyl (C=O) groups is 3. The fourth-order valence-electron chi connectivity index (χ4n) is 7.78. The first-order chi connectivity index (χ1) is 35.5. The van der Waals surface area contributed by atoms with Crippen molar-refractivity contribution in [3.8, 4) is 0 Å². The Morgan fingerprint density at radius 2 is 0.542 bits per heavy atom. The van der Waals surface area contributed by atoms with E-state index in [-0.39, 0.29) is 31.1 Å². The summed E-state index contributed by atoms with van der Waals surface area (Å²) in [6.45, 7) is 6.40. The molecule has 6 heteroatoms. The summed E-state index contributed by atoms with van der Waals surface area (Å²) in [5.41, 5.74) is 0. The van der Waals surface area contributed by atoms with E-state index in [0.29, 0.717) is 19.3 Å². The van der Waals surface area contributed by atoms with Crippen molar-refractivity contribution in [2.45, 2.75) is 264 Å². The monoisotopic (exact) mass is 997 g/mol. The molecule has 0 fully saturated rings. The van der Waals surface area contributed by atoms with Gasteiger partial charge in [0.25, 0.3) is 0 Å². The predicted molar refractivity (Wildman–Crippen MR) is 311 cm³/mol. The molecular formula is C66H108O6. The lowest BCUT2D eigenvalue weighted by Gasteiger charge is -2.18. The Bertz CT molecular complexity index is 1520. The first kappa shape index (κ1) is 67.8. The van der Waals surface area contributed by atoms with Crippen molar-refractivity contribution in [2.24, 2.45) is 0 Å². The molecule has 0 rings (SSSR count). The number of unbranched alkanes of at least 4 members (excludes halogenated alkanes) is 21. The molecule has 0 spiro atoms. The van der Waals surface area contributed by atoms with E-state index >= 15 is 0 Å². The Labute approximate surface area is 443 Å². The van der Waals surface area contributed by atoms with Crippen molar-refractivity contribution < 1.29 is 28.6 Å². The number of carbonyl (C=O) groups excluding carboxylic acids is 3. The molecule has 0 bridgehead atoms. The zero-order valence-electron chi connectivity index (χ0n) is 46.7. The van der Waals surface area contributed by atoms with Gasteiger partial charge in [0, 0.05) is 19.3 Å². The van der Waals surface area contributed by atoms with Gasteiger partial charge in [0.05, 0.1) is 0 Å². The largest absolute Gasteiger partial charge is 0.462 e. The highest BCUT2D eigenvalue weighted by molar-refractivity contribution is 5.71. The molecule has 72 heavy (non-hydrogen) atoms. The van der Waals surface area contributed by atoms with E-state index in [9.17, 15) is 14.4 Å². The molecule has 0 saturated heterocycles. The third-order valence-corrected chi connectivity index (χ3v) is 12.2. The first-order valence-corrected chi connectivity index (χ1v) is 29.5. The van der Waals surface area contributed by atoms with Gasteiger partial charge in [-0.15, -0.1) is 0 Å². The molecule has 6 nitrogen and oxygen atoms in total. The van der Waals surface area contributed by atoms with E-state index in [2.05, 4.69) is 142 Å². The molecule has 1 unspecified atom stereocenters. The topological polar surface area (TPSA) is 78.9 Å². The molecule has 0 aromatic carbocycles. The maximum Gasteiger partial charge on any atom is 0.306 e. The average molecular weight is 998 g/mol. The predicted octanol–water partition coefficient (Wildman–Crippen LogP) is 20.0. The number of ether oxygens (including phenoxy) is 3.